The molecule has 0 aliphatic heterocycles. The maximum absolute atomic E-state index is 13.6. The minimum atomic E-state index is -0.625. The average Bonchev–Trinajstić information content (AvgIpc) is 3.09. The molecule has 29 heavy (non-hydrogen) atoms. The van der Waals surface area contributed by atoms with Crippen LogP contribution in [0.15, 0.2) is 59.4 Å². The van der Waals surface area contributed by atoms with Gasteiger partial charge in [-0.1, -0.05) is 35.9 Å². The summed E-state index contributed by atoms with van der Waals surface area (Å²) < 4.78 is 20.0. The molecule has 0 aliphatic rings. The van der Waals surface area contributed by atoms with Gasteiger partial charge in [0, 0.05) is 22.2 Å². The van der Waals surface area contributed by atoms with Gasteiger partial charge >= 0.3 is 5.97 Å². The Morgan fingerprint density at radius 1 is 1.17 bits per heavy atom. The number of halogens is 2. The number of benzene rings is 2. The van der Waals surface area contributed by atoms with E-state index in [9.17, 15) is 14.0 Å². The molecule has 0 amide bonds. The highest BCUT2D eigenvalue weighted by molar-refractivity contribution is 6.30. The molecule has 4 aromatic rings. The van der Waals surface area contributed by atoms with Gasteiger partial charge in [-0.15, -0.1) is 0 Å². The Kier molecular flexibility index (Phi) is 4.90. The molecule has 2 aromatic heterocycles. The standard InChI is InChI=1S/C21H15ClFN3O3/c1-2-29-21(28)18-19(12-6-8-14(22)9-7-12)25-26-17(27)11-16(24-20(18)26)13-4-3-5-15(23)10-13/h3-11,25H,2H2,1H3. The fourth-order valence-corrected chi connectivity index (χ4v) is 3.18. The molecule has 0 spiro atoms. The third-order valence-corrected chi connectivity index (χ3v) is 4.60. The second-order valence-corrected chi connectivity index (χ2v) is 6.67. The summed E-state index contributed by atoms with van der Waals surface area (Å²) in [7, 11) is 0. The molecule has 0 saturated heterocycles. The summed E-state index contributed by atoms with van der Waals surface area (Å²) in [5, 5.41) is 3.45. The number of hydrogen-bond acceptors (Lipinski definition) is 4. The number of rotatable bonds is 4. The monoisotopic (exact) mass is 411 g/mol. The van der Waals surface area contributed by atoms with Crippen LogP contribution in [-0.4, -0.2) is 27.2 Å². The van der Waals surface area contributed by atoms with Crippen LogP contribution in [0.5, 0.6) is 0 Å². The van der Waals surface area contributed by atoms with Crippen LogP contribution >= 0.6 is 11.6 Å². The highest BCUT2D eigenvalue weighted by Crippen LogP contribution is 2.28. The lowest BCUT2D eigenvalue weighted by atomic mass is 10.1. The third kappa shape index (κ3) is 3.52. The summed E-state index contributed by atoms with van der Waals surface area (Å²) in [6, 6.07) is 13.8. The number of carbonyl (C=O) groups excluding carboxylic acids is 1. The first-order chi connectivity index (χ1) is 14.0. The van der Waals surface area contributed by atoms with E-state index in [2.05, 4.69) is 10.1 Å². The Hall–Kier alpha value is -3.45. The van der Waals surface area contributed by atoms with Crippen molar-refractivity contribution in [3.63, 3.8) is 0 Å². The van der Waals surface area contributed by atoms with E-state index >= 15 is 0 Å². The number of esters is 1. The molecule has 6 nitrogen and oxygen atoms in total. The van der Waals surface area contributed by atoms with E-state index in [4.69, 9.17) is 16.3 Å². The van der Waals surface area contributed by atoms with E-state index < -0.39 is 17.3 Å². The zero-order chi connectivity index (χ0) is 20.5. The van der Waals surface area contributed by atoms with Crippen molar-refractivity contribution in [1.82, 2.24) is 14.6 Å². The van der Waals surface area contributed by atoms with E-state index in [0.29, 0.717) is 21.8 Å². The zero-order valence-corrected chi connectivity index (χ0v) is 16.0. The molecule has 2 heterocycles. The predicted octanol–water partition coefficient (Wildman–Crippen LogP) is 4.33. The van der Waals surface area contributed by atoms with E-state index in [1.807, 2.05) is 0 Å². The molecule has 0 aliphatic carbocycles. The van der Waals surface area contributed by atoms with Gasteiger partial charge in [0.15, 0.2) is 5.65 Å². The van der Waals surface area contributed by atoms with Gasteiger partial charge in [0.1, 0.15) is 11.4 Å². The van der Waals surface area contributed by atoms with Crippen LogP contribution in [0.2, 0.25) is 5.02 Å². The molecule has 0 atom stereocenters. The van der Waals surface area contributed by atoms with Crippen molar-refractivity contribution in [3.8, 4) is 22.5 Å². The highest BCUT2D eigenvalue weighted by Gasteiger charge is 2.24. The minimum absolute atomic E-state index is 0.0974. The second-order valence-electron chi connectivity index (χ2n) is 6.24. The van der Waals surface area contributed by atoms with Crippen LogP contribution in [-0.2, 0) is 4.74 Å². The smallest absolute Gasteiger partial charge is 0.344 e. The lowest BCUT2D eigenvalue weighted by molar-refractivity contribution is 0.0529. The van der Waals surface area contributed by atoms with Crippen LogP contribution in [0, 0.1) is 5.82 Å². The van der Waals surface area contributed by atoms with Crippen LogP contribution in [0.25, 0.3) is 28.2 Å². The zero-order valence-electron chi connectivity index (χ0n) is 15.3. The van der Waals surface area contributed by atoms with Gasteiger partial charge in [-0.25, -0.2) is 18.7 Å². The number of hydrogen-bond donors (Lipinski definition) is 1. The number of H-pyrrole nitrogens is 1. The number of nitrogens with zero attached hydrogens (tertiary/aromatic N) is 2. The third-order valence-electron chi connectivity index (χ3n) is 4.35. The fraction of sp³-hybridized carbons (Fsp3) is 0.0952. The molecule has 0 radical (unpaired) electrons. The van der Waals surface area contributed by atoms with Crippen molar-refractivity contribution in [2.75, 3.05) is 6.61 Å². The molecule has 8 heteroatoms. The summed E-state index contributed by atoms with van der Waals surface area (Å²) in [6.45, 7) is 1.84. The molecule has 0 bridgehead atoms. The number of aromatic amines is 1. The Morgan fingerprint density at radius 2 is 1.93 bits per heavy atom. The van der Waals surface area contributed by atoms with Crippen LogP contribution in [0.1, 0.15) is 17.3 Å². The normalized spacial score (nSPS) is 11.0. The van der Waals surface area contributed by atoms with E-state index in [0.717, 1.165) is 0 Å². The fourth-order valence-electron chi connectivity index (χ4n) is 3.06. The summed E-state index contributed by atoms with van der Waals surface area (Å²) in [5.74, 6) is -1.08. The molecule has 0 saturated carbocycles. The first-order valence-electron chi connectivity index (χ1n) is 8.82. The van der Waals surface area contributed by atoms with Crippen molar-refractivity contribution >= 4 is 23.2 Å². The number of fused-ring (bicyclic) bond motifs is 1. The number of aromatic nitrogens is 3. The summed E-state index contributed by atoms with van der Waals surface area (Å²) in [6.07, 6.45) is 0. The van der Waals surface area contributed by atoms with Gasteiger partial charge in [0.25, 0.3) is 5.56 Å². The maximum atomic E-state index is 13.6. The summed E-state index contributed by atoms with van der Waals surface area (Å²) in [4.78, 5) is 29.9. The van der Waals surface area contributed by atoms with Gasteiger partial charge in [0.05, 0.1) is 18.0 Å². The second kappa shape index (κ2) is 7.52. The largest absolute Gasteiger partial charge is 0.462 e. The lowest BCUT2D eigenvalue weighted by Gasteiger charge is -2.05. The molecule has 146 valence electrons. The average molecular weight is 412 g/mol. The van der Waals surface area contributed by atoms with Crippen molar-refractivity contribution in [2.24, 2.45) is 0 Å². The molecule has 2 aromatic carbocycles. The quantitative estimate of drug-likeness (QED) is 0.507. The first-order valence-corrected chi connectivity index (χ1v) is 9.20. The van der Waals surface area contributed by atoms with Gasteiger partial charge in [-0.05, 0) is 31.2 Å². The van der Waals surface area contributed by atoms with Crippen molar-refractivity contribution in [1.29, 1.82) is 0 Å². The predicted molar refractivity (Wildman–Crippen MR) is 108 cm³/mol. The van der Waals surface area contributed by atoms with Crippen LogP contribution < -0.4 is 5.56 Å². The number of nitrogens with one attached hydrogen (secondary N) is 1. The van der Waals surface area contributed by atoms with Crippen molar-refractivity contribution in [3.05, 3.63) is 81.4 Å². The lowest BCUT2D eigenvalue weighted by Crippen LogP contribution is -2.15. The van der Waals surface area contributed by atoms with Gasteiger partial charge < -0.3 is 4.74 Å². The Balaban J connectivity index is 2.00. The van der Waals surface area contributed by atoms with Gasteiger partial charge in [-0.3, -0.25) is 9.89 Å². The number of carbonyl (C=O) groups is 1. The first kappa shape index (κ1) is 18.9. The summed E-state index contributed by atoms with van der Waals surface area (Å²) in [5.41, 5.74) is 1.45. The maximum Gasteiger partial charge on any atom is 0.344 e. The molecule has 0 unspecified atom stereocenters. The topological polar surface area (TPSA) is 76.5 Å². The van der Waals surface area contributed by atoms with Gasteiger partial charge in [-0.2, -0.15) is 0 Å². The van der Waals surface area contributed by atoms with Crippen molar-refractivity contribution < 1.29 is 13.9 Å². The molecular formula is C21H15ClFN3O3. The molecule has 1 N–H and O–H groups in total. The van der Waals surface area contributed by atoms with E-state index in [-0.39, 0.29) is 23.5 Å². The molecule has 4 rings (SSSR count). The summed E-state index contributed by atoms with van der Waals surface area (Å²) >= 11 is 5.96. The van der Waals surface area contributed by atoms with Crippen molar-refractivity contribution in [2.45, 2.75) is 6.92 Å². The minimum Gasteiger partial charge on any atom is -0.462 e. The highest BCUT2D eigenvalue weighted by atomic mass is 35.5. The SMILES string of the molecule is CCOC(=O)c1c(-c2ccc(Cl)cc2)[nH]n2c(=O)cc(-c3cccc(F)c3)nc12. The van der Waals surface area contributed by atoms with E-state index in [1.165, 1.54) is 28.8 Å². The Bertz CT molecular complexity index is 1280. The van der Waals surface area contributed by atoms with E-state index in [1.54, 1.807) is 37.3 Å². The Labute approximate surface area is 169 Å². The van der Waals surface area contributed by atoms with Gasteiger partial charge in [0.2, 0.25) is 0 Å². The Morgan fingerprint density at radius 3 is 2.62 bits per heavy atom. The van der Waals surface area contributed by atoms with Crippen LogP contribution in [0.4, 0.5) is 4.39 Å². The molecule has 0 fully saturated rings. The van der Waals surface area contributed by atoms with Crippen LogP contribution in [0.3, 0.4) is 0 Å². The molecular weight excluding hydrogens is 397 g/mol. The number of ether oxygens (including phenoxy) is 1.